The smallest absolute Gasteiger partial charge is 0.408 e. The number of hydrogen-bond donors (Lipinski definition) is 3. The molecule has 0 spiro atoms. The summed E-state index contributed by atoms with van der Waals surface area (Å²) in [5.41, 5.74) is 1.07. The maximum atomic E-state index is 13.6. The Bertz CT molecular complexity index is 760. The molecule has 0 saturated carbocycles. The van der Waals surface area contributed by atoms with Crippen molar-refractivity contribution in [3.63, 3.8) is 0 Å². The summed E-state index contributed by atoms with van der Waals surface area (Å²) in [6.07, 6.45) is 1.10. The lowest BCUT2D eigenvalue weighted by molar-refractivity contribution is -0.144. The molecule has 1 rings (SSSR count). The fraction of sp³-hybridized carbons (Fsp3) is 0.625. The first-order valence-corrected chi connectivity index (χ1v) is 11.8. The monoisotopic (exact) mass is 465 g/mol. The maximum Gasteiger partial charge on any atom is 0.408 e. The molecule has 0 aliphatic carbocycles. The van der Waals surface area contributed by atoms with E-state index in [4.69, 9.17) is 4.74 Å². The van der Waals surface area contributed by atoms with Crippen LogP contribution in [0.4, 0.5) is 4.79 Å². The van der Waals surface area contributed by atoms with Crippen molar-refractivity contribution in [1.82, 2.24) is 15.5 Å². The van der Waals surface area contributed by atoms with Gasteiger partial charge in [-0.25, -0.2) is 4.79 Å². The van der Waals surface area contributed by atoms with Gasteiger partial charge in [0.25, 0.3) is 0 Å². The van der Waals surface area contributed by atoms with Crippen LogP contribution < -0.4 is 10.6 Å². The van der Waals surface area contributed by atoms with Gasteiger partial charge in [0.2, 0.25) is 11.8 Å². The van der Waals surface area contributed by atoms with E-state index in [0.717, 1.165) is 18.4 Å². The molecule has 2 atom stereocenters. The molecule has 1 aromatic rings. The van der Waals surface area contributed by atoms with E-state index in [2.05, 4.69) is 23.3 Å². The van der Waals surface area contributed by atoms with Crippen LogP contribution in [0.5, 0.6) is 0 Å². The van der Waals surface area contributed by atoms with Crippen LogP contribution in [0.15, 0.2) is 24.3 Å². The maximum absolute atomic E-state index is 13.6. The molecule has 0 heterocycles. The molecule has 2 N–H and O–H groups in total. The number of nitrogens with one attached hydrogen (secondary N) is 2. The molecular formula is C24H39N3O4S. The second-order valence-corrected chi connectivity index (χ2v) is 9.54. The number of carbonyl (C=O) groups is 3. The van der Waals surface area contributed by atoms with E-state index >= 15 is 0 Å². The van der Waals surface area contributed by atoms with Crippen molar-refractivity contribution in [1.29, 1.82) is 0 Å². The molecule has 1 aromatic carbocycles. The summed E-state index contributed by atoms with van der Waals surface area (Å²) in [4.78, 5) is 40.6. The minimum atomic E-state index is -0.938. The number of ether oxygens (including phenoxy) is 1. The van der Waals surface area contributed by atoms with Gasteiger partial charge in [0.15, 0.2) is 0 Å². The third kappa shape index (κ3) is 8.73. The predicted molar refractivity (Wildman–Crippen MR) is 131 cm³/mol. The fourth-order valence-electron chi connectivity index (χ4n) is 3.17. The zero-order chi connectivity index (χ0) is 24.5. The summed E-state index contributed by atoms with van der Waals surface area (Å²) < 4.78 is 5.30. The molecule has 0 aliphatic rings. The third-order valence-electron chi connectivity index (χ3n) is 4.73. The lowest BCUT2D eigenvalue weighted by Gasteiger charge is -2.37. The minimum absolute atomic E-state index is 0.0688. The summed E-state index contributed by atoms with van der Waals surface area (Å²) in [7, 11) is 0. The second kappa shape index (κ2) is 12.7. The molecule has 0 fully saturated rings. The molecule has 0 aromatic heterocycles. The van der Waals surface area contributed by atoms with Crippen molar-refractivity contribution in [2.24, 2.45) is 0 Å². The lowest BCUT2D eigenvalue weighted by Crippen LogP contribution is -2.55. The van der Waals surface area contributed by atoms with Gasteiger partial charge in [-0.15, -0.1) is 0 Å². The van der Waals surface area contributed by atoms with Crippen molar-refractivity contribution < 1.29 is 19.1 Å². The van der Waals surface area contributed by atoms with Crippen molar-refractivity contribution in [3.05, 3.63) is 35.4 Å². The molecule has 32 heavy (non-hydrogen) atoms. The van der Waals surface area contributed by atoms with Gasteiger partial charge < -0.3 is 20.3 Å². The molecule has 3 amide bonds. The standard InChI is InChI=1S/C24H39N3O4S/c1-8-9-14-25-21(28)20(18-12-10-17(4)11-13-18)27(16(2)3)22(29)19(15-32)26-23(30)31-24(5,6)7/h10-13,16,19-20,32H,8-9,14-15H2,1-7H3,(H,25,28)(H,26,30). The van der Waals surface area contributed by atoms with Gasteiger partial charge in [-0.3, -0.25) is 9.59 Å². The third-order valence-corrected chi connectivity index (χ3v) is 5.10. The summed E-state index contributed by atoms with van der Waals surface area (Å²) in [5.74, 6) is -0.573. The number of alkyl carbamates (subject to hydrolysis) is 1. The van der Waals surface area contributed by atoms with E-state index in [0.29, 0.717) is 12.1 Å². The zero-order valence-electron chi connectivity index (χ0n) is 20.4. The molecule has 7 nitrogen and oxygen atoms in total. The highest BCUT2D eigenvalue weighted by molar-refractivity contribution is 7.80. The summed E-state index contributed by atoms with van der Waals surface area (Å²) >= 11 is 4.28. The van der Waals surface area contributed by atoms with Crippen LogP contribution in [0.25, 0.3) is 0 Å². The average Bonchev–Trinajstić information content (AvgIpc) is 2.69. The number of rotatable bonds is 10. The van der Waals surface area contributed by atoms with Gasteiger partial charge in [-0.05, 0) is 53.5 Å². The first-order chi connectivity index (χ1) is 14.9. The molecule has 0 aliphatic heterocycles. The number of carbonyl (C=O) groups excluding carboxylic acids is 3. The van der Waals surface area contributed by atoms with E-state index in [1.165, 1.54) is 4.90 Å². The molecule has 0 bridgehead atoms. The molecule has 0 radical (unpaired) electrons. The topological polar surface area (TPSA) is 87.7 Å². The van der Waals surface area contributed by atoms with Crippen molar-refractivity contribution in [3.8, 4) is 0 Å². The quantitative estimate of drug-likeness (QED) is 0.360. The number of aryl methyl sites for hydroxylation is 1. The Morgan fingerprint density at radius 1 is 1.12 bits per heavy atom. The summed E-state index contributed by atoms with van der Waals surface area (Å²) in [6.45, 7) is 13.5. The highest BCUT2D eigenvalue weighted by atomic mass is 32.1. The van der Waals surface area contributed by atoms with E-state index in [9.17, 15) is 14.4 Å². The highest BCUT2D eigenvalue weighted by Crippen LogP contribution is 2.25. The number of hydrogen-bond acceptors (Lipinski definition) is 5. The van der Waals surface area contributed by atoms with Crippen LogP contribution in [0.2, 0.25) is 0 Å². The number of amides is 3. The van der Waals surface area contributed by atoms with Gasteiger partial charge in [0.1, 0.15) is 17.7 Å². The SMILES string of the molecule is CCCCNC(=O)C(c1ccc(C)cc1)N(C(=O)C(CS)NC(=O)OC(C)(C)C)C(C)C. The molecular weight excluding hydrogens is 426 g/mol. The van der Waals surface area contributed by atoms with Crippen LogP contribution in [-0.2, 0) is 14.3 Å². The largest absolute Gasteiger partial charge is 0.444 e. The number of nitrogens with zero attached hydrogens (tertiary/aromatic N) is 1. The van der Waals surface area contributed by atoms with Crippen molar-refractivity contribution in [2.75, 3.05) is 12.3 Å². The minimum Gasteiger partial charge on any atom is -0.444 e. The number of thiol groups is 1. The van der Waals surface area contributed by atoms with Crippen molar-refractivity contribution >= 4 is 30.5 Å². The average molecular weight is 466 g/mol. The van der Waals surface area contributed by atoms with Crippen LogP contribution in [0.1, 0.15) is 71.6 Å². The first kappa shape index (κ1) is 27.8. The zero-order valence-corrected chi connectivity index (χ0v) is 21.3. The van der Waals surface area contributed by atoms with E-state index in [1.54, 1.807) is 20.8 Å². The molecule has 8 heteroatoms. The van der Waals surface area contributed by atoms with E-state index < -0.39 is 29.7 Å². The van der Waals surface area contributed by atoms with Crippen LogP contribution in [0.3, 0.4) is 0 Å². The predicted octanol–water partition coefficient (Wildman–Crippen LogP) is 4.01. The normalized spacial score (nSPS) is 13.3. The molecule has 2 unspecified atom stereocenters. The first-order valence-electron chi connectivity index (χ1n) is 11.2. The van der Waals surface area contributed by atoms with Crippen molar-refractivity contribution in [2.45, 2.75) is 85.0 Å². The van der Waals surface area contributed by atoms with Gasteiger partial charge in [0, 0.05) is 18.3 Å². The van der Waals surface area contributed by atoms with Crippen LogP contribution in [0, 0.1) is 6.92 Å². The van der Waals surface area contributed by atoms with Gasteiger partial charge >= 0.3 is 6.09 Å². The second-order valence-electron chi connectivity index (χ2n) is 9.18. The lowest BCUT2D eigenvalue weighted by atomic mass is 10.00. The Morgan fingerprint density at radius 2 is 1.72 bits per heavy atom. The Morgan fingerprint density at radius 3 is 2.19 bits per heavy atom. The highest BCUT2D eigenvalue weighted by Gasteiger charge is 2.37. The fourth-order valence-corrected chi connectivity index (χ4v) is 3.41. The number of benzene rings is 1. The van der Waals surface area contributed by atoms with Gasteiger partial charge in [-0.1, -0.05) is 43.2 Å². The Hall–Kier alpha value is -2.22. The Balaban J connectivity index is 3.27. The van der Waals surface area contributed by atoms with Crippen LogP contribution >= 0.6 is 12.6 Å². The Kier molecular flexibility index (Phi) is 11.1. The summed E-state index contributed by atoms with van der Waals surface area (Å²) in [6, 6.07) is 5.49. The van der Waals surface area contributed by atoms with E-state index in [-0.39, 0.29) is 17.7 Å². The number of unbranched alkanes of at least 4 members (excludes halogenated alkanes) is 1. The summed E-state index contributed by atoms with van der Waals surface area (Å²) in [5, 5.41) is 5.56. The van der Waals surface area contributed by atoms with Gasteiger partial charge in [-0.2, -0.15) is 12.6 Å². The van der Waals surface area contributed by atoms with Gasteiger partial charge in [0.05, 0.1) is 0 Å². The van der Waals surface area contributed by atoms with E-state index in [1.807, 2.05) is 52.0 Å². The molecule has 180 valence electrons. The van der Waals surface area contributed by atoms with Crippen LogP contribution in [-0.4, -0.2) is 52.8 Å². The Labute approximate surface area is 198 Å². The molecule has 0 saturated heterocycles.